The number of thioether (sulfide) groups is 1. The molecule has 0 aliphatic carbocycles. The predicted molar refractivity (Wildman–Crippen MR) is 83.6 cm³/mol. The van der Waals surface area contributed by atoms with Crippen molar-refractivity contribution in [2.24, 2.45) is 0 Å². The standard InChI is InChI=1S/C15H16N4O3S/c16-7-11-1-2-12(17-8-11)14(20)19-10-23-9-13(19)15(21)18-3-5-22-6-4-18/h1-2,8,13H,3-6,9-10H2/t13-/m0/s1. The monoisotopic (exact) mass is 332 g/mol. The molecule has 0 spiro atoms. The molecule has 1 aromatic heterocycles. The van der Waals surface area contributed by atoms with Gasteiger partial charge in [-0.25, -0.2) is 4.98 Å². The van der Waals surface area contributed by atoms with Crippen molar-refractivity contribution in [2.75, 3.05) is 37.9 Å². The van der Waals surface area contributed by atoms with E-state index in [9.17, 15) is 9.59 Å². The molecule has 0 aromatic carbocycles. The zero-order valence-corrected chi connectivity index (χ0v) is 13.3. The van der Waals surface area contributed by atoms with E-state index < -0.39 is 6.04 Å². The van der Waals surface area contributed by atoms with Crippen LogP contribution in [0.5, 0.6) is 0 Å². The van der Waals surface area contributed by atoms with E-state index in [-0.39, 0.29) is 17.5 Å². The van der Waals surface area contributed by atoms with Crippen LogP contribution < -0.4 is 0 Å². The summed E-state index contributed by atoms with van der Waals surface area (Å²) < 4.78 is 5.26. The Bertz CT molecular complexity index is 637. The molecule has 2 saturated heterocycles. The first-order chi connectivity index (χ1) is 11.2. The summed E-state index contributed by atoms with van der Waals surface area (Å²) in [6.45, 7) is 2.21. The van der Waals surface area contributed by atoms with Crippen LogP contribution in [0.15, 0.2) is 18.3 Å². The van der Waals surface area contributed by atoms with Gasteiger partial charge in [0.15, 0.2) is 0 Å². The van der Waals surface area contributed by atoms with E-state index in [2.05, 4.69) is 4.98 Å². The maximum atomic E-state index is 12.6. The van der Waals surface area contributed by atoms with Crippen molar-refractivity contribution in [3.05, 3.63) is 29.6 Å². The Kier molecular flexibility index (Phi) is 4.79. The molecule has 0 N–H and O–H groups in total. The predicted octanol–water partition coefficient (Wildman–Crippen LogP) is 0.327. The minimum Gasteiger partial charge on any atom is -0.378 e. The summed E-state index contributed by atoms with van der Waals surface area (Å²) in [4.78, 5) is 32.6. The third-order valence-corrected chi connectivity index (χ3v) is 4.87. The summed E-state index contributed by atoms with van der Waals surface area (Å²) in [6.07, 6.45) is 1.37. The highest BCUT2D eigenvalue weighted by Crippen LogP contribution is 2.24. The number of hydrogen-bond donors (Lipinski definition) is 0. The van der Waals surface area contributed by atoms with Crippen molar-refractivity contribution < 1.29 is 14.3 Å². The molecule has 3 heterocycles. The van der Waals surface area contributed by atoms with Gasteiger partial charge in [-0.05, 0) is 12.1 Å². The van der Waals surface area contributed by atoms with Gasteiger partial charge < -0.3 is 14.5 Å². The quantitative estimate of drug-likeness (QED) is 0.775. The number of pyridine rings is 1. The summed E-state index contributed by atoms with van der Waals surface area (Å²) in [5, 5.41) is 8.79. The Morgan fingerprint density at radius 3 is 2.78 bits per heavy atom. The lowest BCUT2D eigenvalue weighted by molar-refractivity contribution is -0.138. The second-order valence-electron chi connectivity index (χ2n) is 5.27. The van der Waals surface area contributed by atoms with Gasteiger partial charge in [0.05, 0.1) is 24.7 Å². The van der Waals surface area contributed by atoms with Crippen molar-refractivity contribution >= 4 is 23.6 Å². The highest BCUT2D eigenvalue weighted by atomic mass is 32.2. The van der Waals surface area contributed by atoms with Gasteiger partial charge in [-0.3, -0.25) is 9.59 Å². The molecule has 3 rings (SSSR count). The molecule has 0 saturated carbocycles. The molecule has 2 aliphatic rings. The van der Waals surface area contributed by atoms with Crippen LogP contribution in [0.2, 0.25) is 0 Å². The molecule has 23 heavy (non-hydrogen) atoms. The summed E-state index contributed by atoms with van der Waals surface area (Å²) >= 11 is 1.56. The lowest BCUT2D eigenvalue weighted by Crippen LogP contribution is -2.52. The normalized spacial score (nSPS) is 21.1. The third kappa shape index (κ3) is 3.30. The number of ether oxygens (including phenoxy) is 1. The SMILES string of the molecule is N#Cc1ccc(C(=O)N2CSC[C@H]2C(=O)N2CCOCC2)nc1. The lowest BCUT2D eigenvalue weighted by Gasteiger charge is -2.32. The van der Waals surface area contributed by atoms with Gasteiger partial charge in [0.25, 0.3) is 5.91 Å². The Morgan fingerprint density at radius 2 is 2.13 bits per heavy atom. The van der Waals surface area contributed by atoms with E-state index >= 15 is 0 Å². The fourth-order valence-corrected chi connectivity index (χ4v) is 3.72. The first kappa shape index (κ1) is 15.8. The van der Waals surface area contributed by atoms with Gasteiger partial charge in [0, 0.05) is 25.0 Å². The van der Waals surface area contributed by atoms with Gasteiger partial charge >= 0.3 is 0 Å². The Morgan fingerprint density at radius 1 is 1.35 bits per heavy atom. The number of rotatable bonds is 2. The van der Waals surface area contributed by atoms with Crippen molar-refractivity contribution in [3.8, 4) is 6.07 Å². The number of nitriles is 1. The first-order valence-corrected chi connectivity index (χ1v) is 8.47. The highest BCUT2D eigenvalue weighted by molar-refractivity contribution is 7.99. The van der Waals surface area contributed by atoms with Gasteiger partial charge in [-0.15, -0.1) is 11.8 Å². The average Bonchev–Trinajstić information content (AvgIpc) is 3.11. The molecule has 0 radical (unpaired) electrons. The van der Waals surface area contributed by atoms with Crippen LogP contribution >= 0.6 is 11.8 Å². The lowest BCUT2D eigenvalue weighted by atomic mass is 10.2. The summed E-state index contributed by atoms with van der Waals surface area (Å²) in [5.74, 6) is 0.769. The van der Waals surface area contributed by atoms with E-state index in [0.717, 1.165) is 0 Å². The zero-order chi connectivity index (χ0) is 16.2. The van der Waals surface area contributed by atoms with E-state index in [0.29, 0.717) is 43.5 Å². The van der Waals surface area contributed by atoms with Gasteiger partial charge in [0.1, 0.15) is 17.8 Å². The van der Waals surface area contributed by atoms with E-state index in [1.54, 1.807) is 27.6 Å². The minimum absolute atomic E-state index is 0.0275. The number of amides is 2. The first-order valence-electron chi connectivity index (χ1n) is 7.32. The van der Waals surface area contributed by atoms with Crippen LogP contribution in [0, 0.1) is 11.3 Å². The number of aromatic nitrogens is 1. The fourth-order valence-electron chi connectivity index (χ4n) is 2.58. The van der Waals surface area contributed by atoms with Crippen LogP contribution in [0.1, 0.15) is 16.1 Å². The van der Waals surface area contributed by atoms with Crippen molar-refractivity contribution in [2.45, 2.75) is 6.04 Å². The Hall–Kier alpha value is -2.11. The van der Waals surface area contributed by atoms with Crippen molar-refractivity contribution in [1.29, 1.82) is 5.26 Å². The number of hydrogen-bond acceptors (Lipinski definition) is 6. The number of carbonyl (C=O) groups excluding carboxylic acids is 2. The van der Waals surface area contributed by atoms with Gasteiger partial charge in [0.2, 0.25) is 5.91 Å². The molecule has 0 bridgehead atoms. The fraction of sp³-hybridized carbons (Fsp3) is 0.467. The highest BCUT2D eigenvalue weighted by Gasteiger charge is 2.38. The molecule has 0 unspecified atom stereocenters. The molecular weight excluding hydrogens is 316 g/mol. The van der Waals surface area contributed by atoms with E-state index in [4.69, 9.17) is 10.00 Å². The van der Waals surface area contributed by atoms with Gasteiger partial charge in [-0.1, -0.05) is 0 Å². The van der Waals surface area contributed by atoms with Gasteiger partial charge in [-0.2, -0.15) is 5.26 Å². The molecule has 8 heteroatoms. The number of carbonyl (C=O) groups is 2. The molecule has 2 amide bonds. The maximum absolute atomic E-state index is 12.6. The van der Waals surface area contributed by atoms with Crippen LogP contribution in [-0.2, 0) is 9.53 Å². The average molecular weight is 332 g/mol. The van der Waals surface area contributed by atoms with E-state index in [1.165, 1.54) is 12.3 Å². The number of nitrogens with zero attached hydrogens (tertiary/aromatic N) is 4. The molecule has 2 aliphatic heterocycles. The smallest absolute Gasteiger partial charge is 0.273 e. The summed E-state index contributed by atoms with van der Waals surface area (Å²) in [7, 11) is 0. The third-order valence-electron chi connectivity index (χ3n) is 3.86. The number of morpholine rings is 1. The van der Waals surface area contributed by atoms with Crippen LogP contribution in [0.3, 0.4) is 0 Å². The topological polar surface area (TPSA) is 86.5 Å². The van der Waals surface area contributed by atoms with Crippen LogP contribution in [-0.4, -0.2) is 70.6 Å². The largest absolute Gasteiger partial charge is 0.378 e. The second kappa shape index (κ2) is 6.98. The van der Waals surface area contributed by atoms with Crippen molar-refractivity contribution in [3.63, 3.8) is 0 Å². The van der Waals surface area contributed by atoms with Crippen molar-refractivity contribution in [1.82, 2.24) is 14.8 Å². The summed E-state index contributed by atoms with van der Waals surface area (Å²) in [5.41, 5.74) is 0.657. The molecule has 120 valence electrons. The Labute approximate surface area is 138 Å². The van der Waals surface area contributed by atoms with E-state index in [1.807, 2.05) is 6.07 Å². The molecular formula is C15H16N4O3S. The maximum Gasteiger partial charge on any atom is 0.273 e. The zero-order valence-electron chi connectivity index (χ0n) is 12.5. The molecule has 1 atom stereocenters. The molecule has 2 fully saturated rings. The summed E-state index contributed by atoms with van der Waals surface area (Å²) in [6, 6.07) is 4.60. The Balaban J connectivity index is 1.73. The molecule has 1 aromatic rings. The van der Waals surface area contributed by atoms with Crippen LogP contribution in [0.25, 0.3) is 0 Å². The van der Waals surface area contributed by atoms with Crippen LogP contribution in [0.4, 0.5) is 0 Å². The second-order valence-corrected chi connectivity index (χ2v) is 6.27. The minimum atomic E-state index is -0.456. The molecule has 7 nitrogen and oxygen atoms in total.